The SMILES string of the molecule is CN(Cc1ccc(N2CCOCC2)cc1)C(=O)CCCOc1ccc(S(C)(=O)=O)cc1. The molecule has 0 N–H and O–H groups in total. The summed E-state index contributed by atoms with van der Waals surface area (Å²) >= 11 is 0. The van der Waals surface area contributed by atoms with E-state index in [1.165, 1.54) is 24.1 Å². The number of morpholine rings is 1. The van der Waals surface area contributed by atoms with Crippen molar-refractivity contribution in [1.82, 2.24) is 4.90 Å². The minimum atomic E-state index is -3.21. The molecule has 2 aromatic carbocycles. The van der Waals surface area contributed by atoms with Gasteiger partial charge in [-0.1, -0.05) is 12.1 Å². The number of sulfone groups is 1. The van der Waals surface area contributed by atoms with E-state index in [0.29, 0.717) is 31.7 Å². The number of benzene rings is 2. The van der Waals surface area contributed by atoms with Crippen LogP contribution in [0.2, 0.25) is 0 Å². The molecule has 1 heterocycles. The fourth-order valence-electron chi connectivity index (χ4n) is 3.38. The number of ether oxygens (including phenoxy) is 2. The van der Waals surface area contributed by atoms with Crippen LogP contribution in [0.25, 0.3) is 0 Å². The van der Waals surface area contributed by atoms with Crippen LogP contribution in [0.5, 0.6) is 5.75 Å². The van der Waals surface area contributed by atoms with Gasteiger partial charge in [-0.3, -0.25) is 4.79 Å². The molecule has 1 aliphatic rings. The molecule has 168 valence electrons. The van der Waals surface area contributed by atoms with E-state index in [4.69, 9.17) is 9.47 Å². The number of carbonyl (C=O) groups is 1. The third kappa shape index (κ3) is 6.97. The van der Waals surface area contributed by atoms with Gasteiger partial charge < -0.3 is 19.3 Å². The minimum Gasteiger partial charge on any atom is -0.494 e. The van der Waals surface area contributed by atoms with Crippen molar-refractivity contribution in [2.75, 3.05) is 51.1 Å². The van der Waals surface area contributed by atoms with Crippen molar-refractivity contribution < 1.29 is 22.7 Å². The van der Waals surface area contributed by atoms with Gasteiger partial charge in [0.05, 0.1) is 24.7 Å². The monoisotopic (exact) mass is 446 g/mol. The summed E-state index contributed by atoms with van der Waals surface area (Å²) in [7, 11) is -1.40. The number of nitrogens with zero attached hydrogens (tertiary/aromatic N) is 2. The number of rotatable bonds is 9. The van der Waals surface area contributed by atoms with E-state index in [-0.39, 0.29) is 10.8 Å². The van der Waals surface area contributed by atoms with Crippen molar-refractivity contribution in [2.45, 2.75) is 24.3 Å². The fourth-order valence-corrected chi connectivity index (χ4v) is 4.01. The van der Waals surface area contributed by atoms with E-state index in [1.54, 1.807) is 17.0 Å². The minimum absolute atomic E-state index is 0.0632. The molecule has 31 heavy (non-hydrogen) atoms. The third-order valence-electron chi connectivity index (χ3n) is 5.21. The van der Waals surface area contributed by atoms with Gasteiger partial charge in [-0.05, 0) is 48.4 Å². The summed E-state index contributed by atoms with van der Waals surface area (Å²) in [6, 6.07) is 14.6. The predicted octanol–water partition coefficient (Wildman–Crippen LogP) is 2.74. The van der Waals surface area contributed by atoms with Gasteiger partial charge in [-0.2, -0.15) is 0 Å². The highest BCUT2D eigenvalue weighted by Gasteiger charge is 2.13. The van der Waals surface area contributed by atoms with Crippen LogP contribution in [0.3, 0.4) is 0 Å². The van der Waals surface area contributed by atoms with E-state index in [9.17, 15) is 13.2 Å². The Hall–Kier alpha value is -2.58. The van der Waals surface area contributed by atoms with Gasteiger partial charge in [0.25, 0.3) is 0 Å². The largest absolute Gasteiger partial charge is 0.494 e. The molecule has 0 unspecified atom stereocenters. The van der Waals surface area contributed by atoms with Crippen LogP contribution in [0.4, 0.5) is 5.69 Å². The van der Waals surface area contributed by atoms with Crippen molar-refractivity contribution in [3.05, 3.63) is 54.1 Å². The van der Waals surface area contributed by atoms with Crippen LogP contribution in [-0.4, -0.2) is 65.4 Å². The first-order valence-corrected chi connectivity index (χ1v) is 12.3. The Balaban J connectivity index is 1.39. The zero-order valence-electron chi connectivity index (χ0n) is 18.1. The standard InChI is InChI=1S/C23H30N2O5S/c1-24(18-19-5-7-20(8-6-19)25-13-16-29-17-14-25)23(26)4-3-15-30-21-9-11-22(12-10-21)31(2,27)28/h5-12H,3-4,13-18H2,1-2H3. The molecular formula is C23H30N2O5S. The second kappa shape index (κ2) is 10.6. The Morgan fingerprint density at radius 2 is 1.71 bits per heavy atom. The molecule has 1 amide bonds. The van der Waals surface area contributed by atoms with Gasteiger partial charge in [0, 0.05) is 45.0 Å². The molecule has 0 radical (unpaired) electrons. The molecule has 1 aliphatic heterocycles. The zero-order chi connectivity index (χ0) is 22.3. The smallest absolute Gasteiger partial charge is 0.222 e. The summed E-state index contributed by atoms with van der Waals surface area (Å²) in [6.45, 7) is 4.29. The highest BCUT2D eigenvalue weighted by molar-refractivity contribution is 7.90. The number of hydrogen-bond donors (Lipinski definition) is 0. The van der Waals surface area contributed by atoms with Crippen molar-refractivity contribution in [3.8, 4) is 5.75 Å². The number of amides is 1. The summed E-state index contributed by atoms with van der Waals surface area (Å²) in [5, 5.41) is 0. The van der Waals surface area contributed by atoms with Crippen LogP contribution >= 0.6 is 0 Å². The fraction of sp³-hybridized carbons (Fsp3) is 0.435. The average molecular weight is 447 g/mol. The lowest BCUT2D eigenvalue weighted by Gasteiger charge is -2.29. The zero-order valence-corrected chi connectivity index (χ0v) is 18.9. The van der Waals surface area contributed by atoms with Crippen LogP contribution in [0.15, 0.2) is 53.4 Å². The number of anilines is 1. The van der Waals surface area contributed by atoms with Crippen molar-refractivity contribution in [1.29, 1.82) is 0 Å². The maximum absolute atomic E-state index is 12.4. The second-order valence-electron chi connectivity index (χ2n) is 7.71. The predicted molar refractivity (Wildman–Crippen MR) is 120 cm³/mol. The quantitative estimate of drug-likeness (QED) is 0.552. The maximum atomic E-state index is 12.4. The van der Waals surface area contributed by atoms with Crippen molar-refractivity contribution >= 4 is 21.4 Å². The van der Waals surface area contributed by atoms with E-state index in [0.717, 1.165) is 31.9 Å². The summed E-state index contributed by atoms with van der Waals surface area (Å²) in [4.78, 5) is 16.7. The molecule has 7 nitrogen and oxygen atoms in total. The average Bonchev–Trinajstić information content (AvgIpc) is 2.77. The van der Waals surface area contributed by atoms with Gasteiger partial charge in [0.2, 0.25) is 5.91 Å². The Labute approximate surface area is 184 Å². The Morgan fingerprint density at radius 3 is 2.32 bits per heavy atom. The summed E-state index contributed by atoms with van der Waals surface area (Å²) in [5.41, 5.74) is 2.28. The molecule has 2 aromatic rings. The number of carbonyl (C=O) groups excluding carboxylic acids is 1. The van der Waals surface area contributed by atoms with E-state index < -0.39 is 9.84 Å². The molecule has 1 fully saturated rings. The summed E-state index contributed by atoms with van der Waals surface area (Å²) < 4.78 is 34.0. The Kier molecular flexibility index (Phi) is 7.92. The molecule has 0 bridgehead atoms. The van der Waals surface area contributed by atoms with Gasteiger partial charge in [-0.25, -0.2) is 8.42 Å². The molecular weight excluding hydrogens is 416 g/mol. The molecule has 0 atom stereocenters. The lowest BCUT2D eigenvalue weighted by Crippen LogP contribution is -2.36. The molecule has 0 aromatic heterocycles. The first kappa shape index (κ1) is 23.1. The summed E-state index contributed by atoms with van der Waals surface area (Å²) in [6.07, 6.45) is 2.15. The molecule has 0 aliphatic carbocycles. The Morgan fingerprint density at radius 1 is 1.06 bits per heavy atom. The van der Waals surface area contributed by atoms with E-state index in [2.05, 4.69) is 29.2 Å². The highest BCUT2D eigenvalue weighted by atomic mass is 32.2. The summed E-state index contributed by atoms with van der Waals surface area (Å²) in [5.74, 6) is 0.654. The van der Waals surface area contributed by atoms with Gasteiger partial charge in [-0.15, -0.1) is 0 Å². The van der Waals surface area contributed by atoms with Gasteiger partial charge >= 0.3 is 0 Å². The van der Waals surface area contributed by atoms with E-state index >= 15 is 0 Å². The first-order chi connectivity index (χ1) is 14.8. The maximum Gasteiger partial charge on any atom is 0.222 e. The topological polar surface area (TPSA) is 76.2 Å². The molecule has 8 heteroatoms. The molecule has 0 spiro atoms. The Bertz CT molecular complexity index is 952. The second-order valence-corrected chi connectivity index (χ2v) is 9.73. The first-order valence-electron chi connectivity index (χ1n) is 10.4. The van der Waals surface area contributed by atoms with Gasteiger partial charge in [0.15, 0.2) is 9.84 Å². The third-order valence-corrected chi connectivity index (χ3v) is 6.34. The molecule has 1 saturated heterocycles. The lowest BCUT2D eigenvalue weighted by molar-refractivity contribution is -0.130. The van der Waals surface area contributed by atoms with Crippen molar-refractivity contribution in [2.24, 2.45) is 0 Å². The van der Waals surface area contributed by atoms with E-state index in [1.807, 2.05) is 7.05 Å². The van der Waals surface area contributed by atoms with Crippen LogP contribution in [-0.2, 0) is 25.9 Å². The van der Waals surface area contributed by atoms with Crippen molar-refractivity contribution in [3.63, 3.8) is 0 Å². The molecule has 3 rings (SSSR count). The van der Waals surface area contributed by atoms with Crippen LogP contribution in [0, 0.1) is 0 Å². The molecule has 0 saturated carbocycles. The van der Waals surface area contributed by atoms with Crippen LogP contribution in [0.1, 0.15) is 18.4 Å². The number of hydrogen-bond acceptors (Lipinski definition) is 6. The normalized spacial score (nSPS) is 14.3. The highest BCUT2D eigenvalue weighted by Crippen LogP contribution is 2.18. The lowest BCUT2D eigenvalue weighted by atomic mass is 10.1. The van der Waals surface area contributed by atoms with Crippen LogP contribution < -0.4 is 9.64 Å². The van der Waals surface area contributed by atoms with Gasteiger partial charge in [0.1, 0.15) is 5.75 Å².